The molecule has 0 bridgehead atoms. The summed E-state index contributed by atoms with van der Waals surface area (Å²) in [6.07, 6.45) is 6.97. The first-order chi connectivity index (χ1) is 9.27. The Kier molecular flexibility index (Phi) is 3.20. The topological polar surface area (TPSA) is 32.7 Å². The minimum atomic E-state index is 0.0545. The molecule has 0 atom stereocenters. The Labute approximate surface area is 113 Å². The number of carbonyl (C=O) groups excluding carboxylic acids is 1. The summed E-state index contributed by atoms with van der Waals surface area (Å²) in [5.74, 6) is 0.0545. The number of hydrogen-bond acceptors (Lipinski definition) is 2. The van der Waals surface area contributed by atoms with E-state index >= 15 is 0 Å². The normalized spacial score (nSPS) is 19.4. The molecule has 19 heavy (non-hydrogen) atoms. The van der Waals surface area contributed by atoms with Gasteiger partial charge in [0, 0.05) is 12.6 Å². The lowest BCUT2D eigenvalue weighted by Crippen LogP contribution is -2.27. The fraction of sp³-hybridized carbons (Fsp3) is 0.375. The Hall–Kier alpha value is -1.90. The van der Waals surface area contributed by atoms with Gasteiger partial charge in [0.05, 0.1) is 11.4 Å². The number of para-hydroxylation sites is 1. The SMILES string of the molecule is CN1C(=O)CN=C(C2=CCCCC2)c2ccccc21. The molecule has 3 rings (SSSR count). The van der Waals surface area contributed by atoms with Crippen LogP contribution in [-0.2, 0) is 4.79 Å². The Morgan fingerprint density at radius 1 is 1.21 bits per heavy atom. The Morgan fingerprint density at radius 2 is 2.05 bits per heavy atom. The average Bonchev–Trinajstić information content (AvgIpc) is 2.59. The molecule has 0 unspecified atom stereocenters. The van der Waals surface area contributed by atoms with E-state index in [1.807, 2.05) is 25.2 Å². The summed E-state index contributed by atoms with van der Waals surface area (Å²) in [6, 6.07) is 8.05. The lowest BCUT2D eigenvalue weighted by molar-refractivity contribution is -0.116. The largest absolute Gasteiger partial charge is 0.313 e. The van der Waals surface area contributed by atoms with Crippen molar-refractivity contribution in [2.75, 3.05) is 18.5 Å². The van der Waals surface area contributed by atoms with Crippen LogP contribution in [0.25, 0.3) is 0 Å². The fourth-order valence-corrected chi connectivity index (χ4v) is 2.77. The number of anilines is 1. The van der Waals surface area contributed by atoms with E-state index < -0.39 is 0 Å². The molecule has 0 radical (unpaired) electrons. The molecule has 98 valence electrons. The molecule has 0 fully saturated rings. The minimum absolute atomic E-state index is 0.0545. The zero-order valence-corrected chi connectivity index (χ0v) is 11.2. The molecule has 3 nitrogen and oxygen atoms in total. The standard InChI is InChI=1S/C16H18N2O/c1-18-14-10-6-5-9-13(14)16(17-11-15(18)19)12-7-3-2-4-8-12/h5-7,9-10H,2-4,8,11H2,1H3. The zero-order chi connectivity index (χ0) is 13.2. The molecule has 3 heteroatoms. The van der Waals surface area contributed by atoms with E-state index in [4.69, 9.17) is 0 Å². The second-order valence-corrected chi connectivity index (χ2v) is 5.11. The maximum atomic E-state index is 12.0. The number of hydrogen-bond donors (Lipinski definition) is 0. The first-order valence-corrected chi connectivity index (χ1v) is 6.87. The molecule has 0 spiro atoms. The first kappa shape index (κ1) is 12.2. The van der Waals surface area contributed by atoms with Crippen LogP contribution in [0, 0.1) is 0 Å². The predicted octanol–water partition coefficient (Wildman–Crippen LogP) is 2.95. The van der Waals surface area contributed by atoms with Gasteiger partial charge in [-0.15, -0.1) is 0 Å². The number of amides is 1. The van der Waals surface area contributed by atoms with Crippen LogP contribution in [0.1, 0.15) is 31.2 Å². The van der Waals surface area contributed by atoms with Crippen molar-refractivity contribution < 1.29 is 4.79 Å². The highest BCUT2D eigenvalue weighted by molar-refractivity contribution is 6.19. The smallest absolute Gasteiger partial charge is 0.248 e. The molecule has 1 amide bonds. The first-order valence-electron chi connectivity index (χ1n) is 6.87. The second-order valence-electron chi connectivity index (χ2n) is 5.11. The van der Waals surface area contributed by atoms with Crippen LogP contribution in [0.2, 0.25) is 0 Å². The van der Waals surface area contributed by atoms with Crippen LogP contribution >= 0.6 is 0 Å². The van der Waals surface area contributed by atoms with Gasteiger partial charge in [0.15, 0.2) is 0 Å². The van der Waals surface area contributed by atoms with Crippen LogP contribution in [-0.4, -0.2) is 25.2 Å². The van der Waals surface area contributed by atoms with E-state index in [1.54, 1.807) is 4.90 Å². The Bertz CT molecular complexity index is 572. The number of aliphatic imine (C=N–C) groups is 1. The summed E-state index contributed by atoms with van der Waals surface area (Å²) >= 11 is 0. The number of nitrogens with zero attached hydrogens (tertiary/aromatic N) is 2. The quantitative estimate of drug-likeness (QED) is 0.758. The second kappa shape index (κ2) is 5.00. The molecule has 2 aliphatic rings. The number of benzodiazepines with no additional fused rings is 1. The van der Waals surface area contributed by atoms with Gasteiger partial charge in [-0.2, -0.15) is 0 Å². The summed E-state index contributed by atoms with van der Waals surface area (Å²) < 4.78 is 0. The van der Waals surface area contributed by atoms with E-state index in [-0.39, 0.29) is 12.5 Å². The van der Waals surface area contributed by atoms with E-state index in [9.17, 15) is 4.79 Å². The van der Waals surface area contributed by atoms with Gasteiger partial charge < -0.3 is 4.90 Å². The zero-order valence-electron chi connectivity index (χ0n) is 11.2. The number of allylic oxidation sites excluding steroid dienone is 2. The van der Waals surface area contributed by atoms with Crippen LogP contribution in [0.4, 0.5) is 5.69 Å². The van der Waals surface area contributed by atoms with Gasteiger partial charge in [0.25, 0.3) is 0 Å². The monoisotopic (exact) mass is 254 g/mol. The van der Waals surface area contributed by atoms with Gasteiger partial charge in [0.1, 0.15) is 6.54 Å². The van der Waals surface area contributed by atoms with Gasteiger partial charge in [-0.05, 0) is 37.3 Å². The van der Waals surface area contributed by atoms with Crippen molar-refractivity contribution in [3.05, 3.63) is 41.5 Å². The predicted molar refractivity (Wildman–Crippen MR) is 77.8 cm³/mol. The molecule has 1 aromatic carbocycles. The van der Waals surface area contributed by atoms with Crippen LogP contribution in [0.15, 0.2) is 40.9 Å². The van der Waals surface area contributed by atoms with Gasteiger partial charge >= 0.3 is 0 Å². The summed E-state index contributed by atoms with van der Waals surface area (Å²) in [5, 5.41) is 0. The van der Waals surface area contributed by atoms with E-state index in [0.717, 1.165) is 29.8 Å². The van der Waals surface area contributed by atoms with Crippen molar-refractivity contribution in [3.8, 4) is 0 Å². The van der Waals surface area contributed by atoms with E-state index in [0.29, 0.717) is 0 Å². The van der Waals surface area contributed by atoms with E-state index in [2.05, 4.69) is 17.1 Å². The maximum absolute atomic E-state index is 12.0. The van der Waals surface area contributed by atoms with Crippen molar-refractivity contribution in [2.45, 2.75) is 25.7 Å². The van der Waals surface area contributed by atoms with Gasteiger partial charge in [-0.1, -0.05) is 24.3 Å². The third-order valence-electron chi connectivity index (χ3n) is 3.86. The van der Waals surface area contributed by atoms with Crippen LogP contribution in [0.3, 0.4) is 0 Å². The van der Waals surface area contributed by atoms with Crippen molar-refractivity contribution in [1.29, 1.82) is 0 Å². The highest BCUT2D eigenvalue weighted by Crippen LogP contribution is 2.29. The summed E-state index contributed by atoms with van der Waals surface area (Å²) in [7, 11) is 1.83. The highest BCUT2D eigenvalue weighted by atomic mass is 16.2. The van der Waals surface area contributed by atoms with Crippen molar-refractivity contribution in [1.82, 2.24) is 0 Å². The Balaban J connectivity index is 2.11. The van der Waals surface area contributed by atoms with Crippen molar-refractivity contribution >= 4 is 17.3 Å². The van der Waals surface area contributed by atoms with Crippen LogP contribution in [0.5, 0.6) is 0 Å². The third kappa shape index (κ3) is 2.21. The maximum Gasteiger partial charge on any atom is 0.248 e. The molecule has 0 saturated heterocycles. The lowest BCUT2D eigenvalue weighted by atomic mass is 9.91. The molecule has 1 heterocycles. The van der Waals surface area contributed by atoms with Gasteiger partial charge in [0.2, 0.25) is 5.91 Å². The molecule has 1 aliphatic carbocycles. The average molecular weight is 254 g/mol. The van der Waals surface area contributed by atoms with Gasteiger partial charge in [-0.3, -0.25) is 9.79 Å². The molecule has 1 aliphatic heterocycles. The van der Waals surface area contributed by atoms with Crippen LogP contribution < -0.4 is 4.90 Å². The molecule has 1 aromatic rings. The highest BCUT2D eigenvalue weighted by Gasteiger charge is 2.23. The molecular weight excluding hydrogens is 236 g/mol. The summed E-state index contributed by atoms with van der Waals surface area (Å²) in [6.45, 7) is 0.248. The molecule has 0 saturated carbocycles. The number of likely N-dealkylation sites (N-methyl/N-ethyl adjacent to an activating group) is 1. The van der Waals surface area contributed by atoms with Crippen molar-refractivity contribution in [2.24, 2.45) is 4.99 Å². The number of carbonyl (C=O) groups is 1. The van der Waals surface area contributed by atoms with Gasteiger partial charge in [-0.25, -0.2) is 0 Å². The number of rotatable bonds is 1. The number of fused-ring (bicyclic) bond motifs is 1. The fourth-order valence-electron chi connectivity index (χ4n) is 2.77. The Morgan fingerprint density at radius 3 is 2.84 bits per heavy atom. The van der Waals surface area contributed by atoms with E-state index in [1.165, 1.54) is 18.4 Å². The summed E-state index contributed by atoms with van der Waals surface area (Å²) in [5.41, 5.74) is 4.38. The minimum Gasteiger partial charge on any atom is -0.313 e. The lowest BCUT2D eigenvalue weighted by Gasteiger charge is -2.19. The molecular formula is C16H18N2O. The third-order valence-corrected chi connectivity index (χ3v) is 3.86. The molecule has 0 aromatic heterocycles. The van der Waals surface area contributed by atoms with Crippen molar-refractivity contribution in [3.63, 3.8) is 0 Å². The summed E-state index contributed by atoms with van der Waals surface area (Å²) in [4.78, 5) is 18.3. The number of benzene rings is 1. The molecule has 0 N–H and O–H groups in total.